The Labute approximate surface area is 147 Å². The van der Waals surface area contributed by atoms with Crippen LogP contribution in [0.1, 0.15) is 18.4 Å². The third kappa shape index (κ3) is 2.95. The van der Waals surface area contributed by atoms with Crippen LogP contribution in [0.4, 0.5) is 18.9 Å². The molecule has 0 spiro atoms. The lowest BCUT2D eigenvalue weighted by molar-refractivity contribution is -0.137. The molecule has 1 aliphatic carbocycles. The molecular weight excluding hydrogens is 443 g/mol. The molecule has 1 aromatic carbocycles. The van der Waals surface area contributed by atoms with Gasteiger partial charge in [0, 0.05) is 9.65 Å². The van der Waals surface area contributed by atoms with Gasteiger partial charge in [-0.3, -0.25) is 14.5 Å². The van der Waals surface area contributed by atoms with E-state index in [-0.39, 0.29) is 15.3 Å². The fourth-order valence-electron chi connectivity index (χ4n) is 3.17. The predicted molar refractivity (Wildman–Crippen MR) is 85.6 cm³/mol. The van der Waals surface area contributed by atoms with Crippen molar-refractivity contribution < 1.29 is 22.8 Å². The summed E-state index contributed by atoms with van der Waals surface area (Å²) in [6, 6.07) is 4.34. The molecule has 4 atom stereocenters. The molecule has 8 heteroatoms. The van der Waals surface area contributed by atoms with Crippen molar-refractivity contribution in [2.75, 3.05) is 4.90 Å². The van der Waals surface area contributed by atoms with Crippen molar-refractivity contribution >= 4 is 49.4 Å². The average molecular weight is 455 g/mol. The zero-order valence-electron chi connectivity index (χ0n) is 11.7. The number of nitrogens with zero attached hydrogens (tertiary/aromatic N) is 1. The summed E-state index contributed by atoms with van der Waals surface area (Å²) in [6.45, 7) is 0. The number of hydrogen-bond donors (Lipinski definition) is 0. The normalized spacial score (nSPS) is 31.4. The summed E-state index contributed by atoms with van der Waals surface area (Å²) >= 11 is 6.95. The van der Waals surface area contributed by atoms with Gasteiger partial charge < -0.3 is 0 Å². The highest BCUT2D eigenvalue weighted by Crippen LogP contribution is 2.44. The minimum Gasteiger partial charge on any atom is -0.274 e. The summed E-state index contributed by atoms with van der Waals surface area (Å²) in [5, 5.41) is 0. The van der Waals surface area contributed by atoms with Crippen LogP contribution in [0.3, 0.4) is 0 Å². The first-order chi connectivity index (χ1) is 10.7. The Hall–Kier alpha value is -0.890. The number of alkyl halides is 5. The summed E-state index contributed by atoms with van der Waals surface area (Å²) in [5.41, 5.74) is -0.885. The van der Waals surface area contributed by atoms with Gasteiger partial charge in [0.05, 0.1) is 23.1 Å². The predicted octanol–water partition coefficient (Wildman–Crippen LogP) is 4.13. The van der Waals surface area contributed by atoms with E-state index in [2.05, 4.69) is 31.9 Å². The molecule has 3 rings (SSSR count). The topological polar surface area (TPSA) is 37.4 Å². The molecule has 3 nitrogen and oxygen atoms in total. The molecule has 1 heterocycles. The Bertz CT molecular complexity index is 636. The van der Waals surface area contributed by atoms with E-state index in [9.17, 15) is 22.8 Å². The number of amides is 2. The van der Waals surface area contributed by atoms with Crippen LogP contribution in [0, 0.1) is 11.8 Å². The van der Waals surface area contributed by atoms with Crippen LogP contribution in [0.2, 0.25) is 0 Å². The molecule has 23 heavy (non-hydrogen) atoms. The SMILES string of the molecule is O=C1[C@H]2C[C@H](Br)[C@@H](Br)C[C@H]2C(=O)N1c1cccc(C(F)(F)F)c1. The van der Waals surface area contributed by atoms with Gasteiger partial charge in [-0.2, -0.15) is 13.2 Å². The number of anilines is 1. The zero-order valence-corrected chi connectivity index (χ0v) is 14.9. The Kier molecular flexibility index (Phi) is 4.33. The number of fused-ring (bicyclic) bond motifs is 1. The first-order valence-corrected chi connectivity index (χ1v) is 8.86. The number of carbonyl (C=O) groups excluding carboxylic acids is 2. The largest absolute Gasteiger partial charge is 0.416 e. The quantitative estimate of drug-likeness (QED) is 0.472. The molecule has 0 aromatic heterocycles. The van der Waals surface area contributed by atoms with Crippen molar-refractivity contribution in [1.29, 1.82) is 0 Å². The Morgan fingerprint density at radius 2 is 1.52 bits per heavy atom. The number of carbonyl (C=O) groups is 2. The second kappa shape index (κ2) is 5.88. The van der Waals surface area contributed by atoms with Crippen molar-refractivity contribution in [3.8, 4) is 0 Å². The highest BCUT2D eigenvalue weighted by atomic mass is 79.9. The summed E-state index contributed by atoms with van der Waals surface area (Å²) < 4.78 is 38.5. The van der Waals surface area contributed by atoms with Crippen molar-refractivity contribution in [2.45, 2.75) is 28.7 Å². The molecule has 124 valence electrons. The maximum atomic E-state index is 12.8. The Morgan fingerprint density at radius 3 is 2.00 bits per heavy atom. The highest BCUT2D eigenvalue weighted by Gasteiger charge is 2.52. The molecule has 0 radical (unpaired) electrons. The van der Waals surface area contributed by atoms with Gasteiger partial charge in [0.2, 0.25) is 11.8 Å². The van der Waals surface area contributed by atoms with E-state index in [1.54, 1.807) is 0 Å². The smallest absolute Gasteiger partial charge is 0.274 e. The molecule has 0 N–H and O–H groups in total. The minimum absolute atomic E-state index is 0.0125. The molecule has 1 saturated heterocycles. The standard InChI is InChI=1S/C15H12Br2F3NO2/c16-11-5-9-10(6-12(11)17)14(23)21(13(9)22)8-3-1-2-7(4-8)15(18,19)20/h1-4,9-12H,5-6H2/t9-,10+,11-,12-/m0/s1. The fourth-order valence-corrected chi connectivity index (χ4v) is 4.41. The maximum Gasteiger partial charge on any atom is 0.416 e. The number of hydrogen-bond acceptors (Lipinski definition) is 2. The van der Waals surface area contributed by atoms with Gasteiger partial charge in [-0.15, -0.1) is 0 Å². The molecular formula is C15H12Br2F3NO2. The lowest BCUT2D eigenvalue weighted by Gasteiger charge is -2.29. The van der Waals surface area contributed by atoms with Crippen molar-refractivity contribution in [3.05, 3.63) is 29.8 Å². The van der Waals surface area contributed by atoms with E-state index in [1.807, 2.05) is 0 Å². The first-order valence-electron chi connectivity index (χ1n) is 7.03. The number of rotatable bonds is 1. The average Bonchev–Trinajstić information content (AvgIpc) is 2.71. The van der Waals surface area contributed by atoms with E-state index in [4.69, 9.17) is 0 Å². The molecule has 2 amide bonds. The van der Waals surface area contributed by atoms with E-state index in [0.717, 1.165) is 17.0 Å². The second-order valence-corrected chi connectivity index (χ2v) is 8.13. The molecule has 1 saturated carbocycles. The van der Waals surface area contributed by atoms with Gasteiger partial charge in [0.15, 0.2) is 0 Å². The lowest BCUT2D eigenvalue weighted by atomic mass is 9.81. The molecule has 0 bridgehead atoms. The van der Waals surface area contributed by atoms with E-state index >= 15 is 0 Å². The third-order valence-electron chi connectivity index (χ3n) is 4.34. The summed E-state index contributed by atoms with van der Waals surface area (Å²) in [7, 11) is 0. The lowest BCUT2D eigenvalue weighted by Crippen LogP contribution is -2.34. The van der Waals surface area contributed by atoms with Crippen molar-refractivity contribution in [1.82, 2.24) is 0 Å². The maximum absolute atomic E-state index is 12.8. The van der Waals surface area contributed by atoms with Crippen LogP contribution >= 0.6 is 31.9 Å². The van der Waals surface area contributed by atoms with Gasteiger partial charge in [-0.25, -0.2) is 0 Å². The van der Waals surface area contributed by atoms with E-state index in [0.29, 0.717) is 12.8 Å². The van der Waals surface area contributed by atoms with E-state index in [1.165, 1.54) is 12.1 Å². The molecule has 1 aromatic rings. The molecule has 2 fully saturated rings. The summed E-state index contributed by atoms with van der Waals surface area (Å²) in [4.78, 5) is 26.1. The third-order valence-corrected chi connectivity index (χ3v) is 7.08. The van der Waals surface area contributed by atoms with Crippen LogP contribution in [-0.2, 0) is 15.8 Å². The van der Waals surface area contributed by atoms with E-state index < -0.39 is 35.4 Å². The molecule has 2 aliphatic rings. The van der Waals surface area contributed by atoms with Gasteiger partial charge in [0.25, 0.3) is 0 Å². The van der Waals surface area contributed by atoms with Crippen molar-refractivity contribution in [2.24, 2.45) is 11.8 Å². The number of halogens is 5. The zero-order chi connectivity index (χ0) is 16.9. The Balaban J connectivity index is 1.95. The van der Waals surface area contributed by atoms with Gasteiger partial charge in [0.1, 0.15) is 0 Å². The summed E-state index contributed by atoms with van der Waals surface area (Å²) in [5.74, 6) is -1.78. The van der Waals surface area contributed by atoms with Gasteiger partial charge in [-0.1, -0.05) is 37.9 Å². The summed E-state index contributed by atoms with van der Waals surface area (Å²) in [6.07, 6.45) is -3.54. The van der Waals surface area contributed by atoms with Crippen LogP contribution in [0.15, 0.2) is 24.3 Å². The van der Waals surface area contributed by atoms with Crippen LogP contribution in [0.5, 0.6) is 0 Å². The monoisotopic (exact) mass is 453 g/mol. The van der Waals surface area contributed by atoms with Gasteiger partial charge >= 0.3 is 6.18 Å². The van der Waals surface area contributed by atoms with Crippen LogP contribution in [0.25, 0.3) is 0 Å². The first kappa shape index (κ1) is 17.0. The van der Waals surface area contributed by atoms with Crippen LogP contribution < -0.4 is 4.90 Å². The highest BCUT2D eigenvalue weighted by molar-refractivity contribution is 9.12. The second-order valence-electron chi connectivity index (χ2n) is 5.78. The molecule has 1 aliphatic heterocycles. The van der Waals surface area contributed by atoms with Crippen LogP contribution in [-0.4, -0.2) is 21.5 Å². The Morgan fingerprint density at radius 1 is 1.00 bits per heavy atom. The molecule has 0 unspecified atom stereocenters. The minimum atomic E-state index is -4.52. The fraction of sp³-hybridized carbons (Fsp3) is 0.467. The number of benzene rings is 1. The van der Waals surface area contributed by atoms with Crippen molar-refractivity contribution in [3.63, 3.8) is 0 Å². The van der Waals surface area contributed by atoms with Gasteiger partial charge in [-0.05, 0) is 31.0 Å². The number of imide groups is 1.